The lowest BCUT2D eigenvalue weighted by atomic mass is 10.2. The fraction of sp³-hybridized carbons (Fsp3) is 0.167. The van der Waals surface area contributed by atoms with E-state index in [0.717, 1.165) is 30.2 Å². The van der Waals surface area contributed by atoms with Gasteiger partial charge in [0.1, 0.15) is 0 Å². The summed E-state index contributed by atoms with van der Waals surface area (Å²) in [5.41, 5.74) is 3.23. The Bertz CT molecular complexity index is 540. The minimum Gasteiger partial charge on any atom is -0.307 e. The van der Waals surface area contributed by atoms with E-state index >= 15 is 0 Å². The van der Waals surface area contributed by atoms with Crippen LogP contribution >= 0.6 is 11.6 Å². The summed E-state index contributed by atoms with van der Waals surface area (Å²) >= 11 is 5.94. The minimum absolute atomic E-state index is 0.708. The average Bonchev–Trinajstić information content (AvgIpc) is 2.75. The number of aromatic nitrogens is 2. The van der Waals surface area contributed by atoms with Gasteiger partial charge < -0.3 is 5.32 Å². The molecule has 0 amide bonds. The summed E-state index contributed by atoms with van der Waals surface area (Å²) < 4.78 is 0. The van der Waals surface area contributed by atoms with Gasteiger partial charge in [0.25, 0.3) is 0 Å². The minimum atomic E-state index is 0.708. The Labute approximate surface area is 98.5 Å². The lowest BCUT2D eigenvalue weighted by Crippen LogP contribution is -2.00. The second kappa shape index (κ2) is 3.85. The highest BCUT2D eigenvalue weighted by atomic mass is 35.5. The van der Waals surface area contributed by atoms with Gasteiger partial charge >= 0.3 is 0 Å². The Morgan fingerprint density at radius 2 is 2.19 bits per heavy atom. The molecule has 1 N–H and O–H groups in total. The van der Waals surface area contributed by atoms with Crippen molar-refractivity contribution in [3.63, 3.8) is 0 Å². The molecule has 3 nitrogen and oxygen atoms in total. The van der Waals surface area contributed by atoms with Crippen molar-refractivity contribution in [2.75, 3.05) is 0 Å². The first-order chi connectivity index (χ1) is 7.83. The quantitative estimate of drug-likeness (QED) is 0.819. The Hall–Kier alpha value is -1.45. The van der Waals surface area contributed by atoms with Crippen LogP contribution in [0.1, 0.15) is 11.3 Å². The van der Waals surface area contributed by atoms with E-state index in [1.807, 2.05) is 30.5 Å². The normalized spacial score (nSPS) is 13.8. The van der Waals surface area contributed by atoms with Crippen LogP contribution in [0.4, 0.5) is 0 Å². The maximum Gasteiger partial charge on any atom is 0.159 e. The van der Waals surface area contributed by atoms with Crippen LogP contribution in [-0.4, -0.2) is 9.97 Å². The van der Waals surface area contributed by atoms with Gasteiger partial charge in [-0.3, -0.25) is 0 Å². The number of hydrogen-bond donors (Lipinski definition) is 1. The number of nitrogens with one attached hydrogen (secondary N) is 1. The molecule has 1 aliphatic heterocycles. The SMILES string of the molecule is Clc1cccc(-c2ncc3c(n2)CNC3)c1. The van der Waals surface area contributed by atoms with Gasteiger partial charge in [0.15, 0.2) is 5.82 Å². The second-order valence-corrected chi connectivity index (χ2v) is 4.22. The van der Waals surface area contributed by atoms with Gasteiger partial charge in [-0.15, -0.1) is 0 Å². The third-order valence-electron chi connectivity index (χ3n) is 2.64. The molecule has 80 valence electrons. The van der Waals surface area contributed by atoms with Gasteiger partial charge in [-0.05, 0) is 12.1 Å². The number of hydrogen-bond acceptors (Lipinski definition) is 3. The van der Waals surface area contributed by atoms with Gasteiger partial charge in [0.2, 0.25) is 0 Å². The molecule has 4 heteroatoms. The number of benzene rings is 1. The fourth-order valence-electron chi connectivity index (χ4n) is 1.83. The maximum absolute atomic E-state index is 5.94. The fourth-order valence-corrected chi connectivity index (χ4v) is 2.02. The first-order valence-corrected chi connectivity index (χ1v) is 5.52. The van der Waals surface area contributed by atoms with Crippen LogP contribution in [0.2, 0.25) is 5.02 Å². The lowest BCUT2D eigenvalue weighted by Gasteiger charge is -2.02. The van der Waals surface area contributed by atoms with Gasteiger partial charge in [-0.1, -0.05) is 23.7 Å². The summed E-state index contributed by atoms with van der Waals surface area (Å²) in [5.74, 6) is 0.741. The van der Waals surface area contributed by atoms with E-state index in [1.54, 1.807) is 0 Å². The van der Waals surface area contributed by atoms with Crippen molar-refractivity contribution >= 4 is 11.6 Å². The summed E-state index contributed by atoms with van der Waals surface area (Å²) in [4.78, 5) is 8.88. The van der Waals surface area contributed by atoms with E-state index in [9.17, 15) is 0 Å². The van der Waals surface area contributed by atoms with E-state index in [2.05, 4.69) is 15.3 Å². The smallest absolute Gasteiger partial charge is 0.159 e. The van der Waals surface area contributed by atoms with Crippen molar-refractivity contribution in [1.29, 1.82) is 0 Å². The van der Waals surface area contributed by atoms with Gasteiger partial charge in [-0.2, -0.15) is 0 Å². The lowest BCUT2D eigenvalue weighted by molar-refractivity contribution is 0.758. The summed E-state index contributed by atoms with van der Waals surface area (Å²) in [6.07, 6.45) is 1.89. The standard InChI is InChI=1S/C12H10ClN3/c13-10-3-1-2-8(4-10)12-15-6-9-5-14-7-11(9)16-12/h1-4,6,14H,5,7H2. The Morgan fingerprint density at radius 1 is 1.25 bits per heavy atom. The summed E-state index contributed by atoms with van der Waals surface area (Å²) in [6, 6.07) is 7.61. The molecule has 2 aromatic rings. The Balaban J connectivity index is 2.07. The van der Waals surface area contributed by atoms with Crippen molar-refractivity contribution in [3.8, 4) is 11.4 Å². The van der Waals surface area contributed by atoms with Gasteiger partial charge in [-0.25, -0.2) is 9.97 Å². The zero-order valence-electron chi connectivity index (χ0n) is 8.57. The van der Waals surface area contributed by atoms with Crippen LogP contribution in [-0.2, 0) is 13.1 Å². The number of halogens is 1. The number of rotatable bonds is 1. The zero-order valence-corrected chi connectivity index (χ0v) is 9.33. The third-order valence-corrected chi connectivity index (χ3v) is 2.88. The molecule has 0 saturated carbocycles. The summed E-state index contributed by atoms with van der Waals surface area (Å²) in [6.45, 7) is 1.69. The van der Waals surface area contributed by atoms with E-state index in [1.165, 1.54) is 5.56 Å². The van der Waals surface area contributed by atoms with E-state index in [0.29, 0.717) is 5.02 Å². The van der Waals surface area contributed by atoms with Crippen molar-refractivity contribution < 1.29 is 0 Å². The predicted octanol–water partition coefficient (Wildman–Crippen LogP) is 2.40. The zero-order chi connectivity index (χ0) is 11.0. The van der Waals surface area contributed by atoms with Crippen LogP contribution in [0.5, 0.6) is 0 Å². The molecule has 1 aromatic heterocycles. The van der Waals surface area contributed by atoms with E-state index in [4.69, 9.17) is 11.6 Å². The molecule has 1 aromatic carbocycles. The van der Waals surface area contributed by atoms with Gasteiger partial charge in [0.05, 0.1) is 5.69 Å². The molecule has 0 radical (unpaired) electrons. The van der Waals surface area contributed by atoms with Crippen molar-refractivity contribution in [3.05, 3.63) is 46.7 Å². The molecule has 3 rings (SSSR count). The molecule has 2 heterocycles. The molecule has 0 saturated heterocycles. The third kappa shape index (κ3) is 1.68. The van der Waals surface area contributed by atoms with Crippen molar-refractivity contribution in [2.24, 2.45) is 0 Å². The summed E-state index contributed by atoms with van der Waals surface area (Å²) in [7, 11) is 0. The highest BCUT2D eigenvalue weighted by molar-refractivity contribution is 6.30. The number of nitrogens with zero attached hydrogens (tertiary/aromatic N) is 2. The molecule has 0 spiro atoms. The average molecular weight is 232 g/mol. The molecule has 0 unspecified atom stereocenters. The van der Waals surface area contributed by atoms with Crippen LogP contribution in [0.3, 0.4) is 0 Å². The number of fused-ring (bicyclic) bond motifs is 1. The molecule has 16 heavy (non-hydrogen) atoms. The first kappa shape index (κ1) is 9.75. The van der Waals surface area contributed by atoms with Gasteiger partial charge in [0, 0.05) is 35.4 Å². The monoisotopic (exact) mass is 231 g/mol. The van der Waals surface area contributed by atoms with Crippen LogP contribution in [0.25, 0.3) is 11.4 Å². The van der Waals surface area contributed by atoms with Crippen LogP contribution < -0.4 is 5.32 Å². The highest BCUT2D eigenvalue weighted by Gasteiger charge is 2.13. The molecule has 0 atom stereocenters. The maximum atomic E-state index is 5.94. The highest BCUT2D eigenvalue weighted by Crippen LogP contribution is 2.21. The predicted molar refractivity (Wildman–Crippen MR) is 63.0 cm³/mol. The second-order valence-electron chi connectivity index (χ2n) is 3.78. The molecule has 1 aliphatic rings. The Kier molecular flexibility index (Phi) is 2.35. The van der Waals surface area contributed by atoms with E-state index < -0.39 is 0 Å². The van der Waals surface area contributed by atoms with Crippen LogP contribution in [0.15, 0.2) is 30.5 Å². The molecule has 0 fully saturated rings. The van der Waals surface area contributed by atoms with Crippen molar-refractivity contribution in [2.45, 2.75) is 13.1 Å². The molecular weight excluding hydrogens is 222 g/mol. The summed E-state index contributed by atoms with van der Waals surface area (Å²) in [5, 5.41) is 3.96. The van der Waals surface area contributed by atoms with E-state index in [-0.39, 0.29) is 0 Å². The Morgan fingerprint density at radius 3 is 3.06 bits per heavy atom. The topological polar surface area (TPSA) is 37.8 Å². The largest absolute Gasteiger partial charge is 0.307 e. The molecular formula is C12H10ClN3. The van der Waals surface area contributed by atoms with Crippen molar-refractivity contribution in [1.82, 2.24) is 15.3 Å². The molecule has 0 aliphatic carbocycles. The van der Waals surface area contributed by atoms with Crippen LogP contribution in [0, 0.1) is 0 Å². The molecule has 0 bridgehead atoms. The first-order valence-electron chi connectivity index (χ1n) is 5.14.